The van der Waals surface area contributed by atoms with E-state index < -0.39 is 28.1 Å². The van der Waals surface area contributed by atoms with Crippen LogP contribution in [0.1, 0.15) is 16.9 Å². The molecule has 0 bridgehead atoms. The van der Waals surface area contributed by atoms with Gasteiger partial charge < -0.3 is 20.1 Å². The lowest BCUT2D eigenvalue weighted by Crippen LogP contribution is -2.53. The third-order valence-corrected chi connectivity index (χ3v) is 7.54. The molecule has 2 amide bonds. The standard InChI is InChI=1S/C20H25N3O6S2/c1-14-11-16(6-7-17(14)28-2)31(26,27)23-8-4-9-29-18(23)13-22-20(25)19(24)21-12-15-5-3-10-30-15/h3,5-7,10-11,18H,4,8-9,12-13H2,1-2H3,(H,21,24)(H,22,25)/t18-/m1/s1. The summed E-state index contributed by atoms with van der Waals surface area (Å²) in [6.45, 7) is 2.48. The number of amides is 2. The molecule has 0 spiro atoms. The predicted octanol–water partition coefficient (Wildman–Crippen LogP) is 1.23. The molecule has 0 unspecified atom stereocenters. The van der Waals surface area contributed by atoms with E-state index in [2.05, 4.69) is 10.6 Å². The van der Waals surface area contributed by atoms with E-state index in [4.69, 9.17) is 9.47 Å². The maximum atomic E-state index is 13.2. The topological polar surface area (TPSA) is 114 Å². The number of rotatable bonds is 7. The molecule has 1 fully saturated rings. The number of sulfonamides is 1. The molecule has 1 aromatic heterocycles. The molecule has 3 rings (SSSR count). The summed E-state index contributed by atoms with van der Waals surface area (Å²) < 4.78 is 38.4. The maximum absolute atomic E-state index is 13.2. The van der Waals surface area contributed by atoms with Crippen LogP contribution in [-0.2, 0) is 30.9 Å². The van der Waals surface area contributed by atoms with E-state index in [9.17, 15) is 18.0 Å². The van der Waals surface area contributed by atoms with Crippen molar-refractivity contribution in [1.82, 2.24) is 14.9 Å². The van der Waals surface area contributed by atoms with Crippen LogP contribution in [0, 0.1) is 6.92 Å². The summed E-state index contributed by atoms with van der Waals surface area (Å²) in [6, 6.07) is 8.32. The number of nitrogens with zero attached hydrogens (tertiary/aromatic N) is 1. The zero-order valence-electron chi connectivity index (χ0n) is 17.3. The van der Waals surface area contributed by atoms with Crippen LogP contribution in [0.25, 0.3) is 0 Å². The van der Waals surface area contributed by atoms with E-state index in [1.807, 2.05) is 17.5 Å². The van der Waals surface area contributed by atoms with Crippen molar-refractivity contribution in [1.29, 1.82) is 0 Å². The first-order chi connectivity index (χ1) is 14.8. The van der Waals surface area contributed by atoms with Crippen molar-refractivity contribution < 1.29 is 27.5 Å². The minimum atomic E-state index is -3.86. The van der Waals surface area contributed by atoms with Gasteiger partial charge in [-0.15, -0.1) is 11.3 Å². The van der Waals surface area contributed by atoms with Gasteiger partial charge >= 0.3 is 11.8 Å². The van der Waals surface area contributed by atoms with Gasteiger partial charge in [-0.1, -0.05) is 6.07 Å². The van der Waals surface area contributed by atoms with Gasteiger partial charge in [-0.25, -0.2) is 8.42 Å². The van der Waals surface area contributed by atoms with Gasteiger partial charge in [0, 0.05) is 11.4 Å². The Bertz CT molecular complexity index is 1020. The zero-order chi connectivity index (χ0) is 22.4. The van der Waals surface area contributed by atoms with Crippen molar-refractivity contribution >= 4 is 33.2 Å². The molecule has 11 heteroatoms. The quantitative estimate of drug-likeness (QED) is 0.592. The summed E-state index contributed by atoms with van der Waals surface area (Å²) >= 11 is 1.47. The largest absolute Gasteiger partial charge is 0.496 e. The Morgan fingerprint density at radius 1 is 1.26 bits per heavy atom. The van der Waals surface area contributed by atoms with E-state index in [0.717, 1.165) is 4.88 Å². The minimum absolute atomic E-state index is 0.112. The fraction of sp³-hybridized carbons (Fsp3) is 0.400. The average molecular weight is 468 g/mol. The van der Waals surface area contributed by atoms with E-state index >= 15 is 0 Å². The highest BCUT2D eigenvalue weighted by Gasteiger charge is 2.35. The molecule has 0 radical (unpaired) electrons. The van der Waals surface area contributed by atoms with Gasteiger partial charge in [-0.2, -0.15) is 4.31 Å². The van der Waals surface area contributed by atoms with Gasteiger partial charge in [0.2, 0.25) is 10.0 Å². The predicted molar refractivity (Wildman–Crippen MR) is 115 cm³/mol. The van der Waals surface area contributed by atoms with E-state index in [0.29, 0.717) is 24.3 Å². The van der Waals surface area contributed by atoms with Gasteiger partial charge in [0.25, 0.3) is 0 Å². The molecule has 1 aliphatic heterocycles. The van der Waals surface area contributed by atoms with Crippen LogP contribution < -0.4 is 15.4 Å². The van der Waals surface area contributed by atoms with Crippen LogP contribution in [0.2, 0.25) is 0 Å². The van der Waals surface area contributed by atoms with Gasteiger partial charge in [-0.3, -0.25) is 9.59 Å². The number of aryl methyl sites for hydroxylation is 1. The summed E-state index contributed by atoms with van der Waals surface area (Å²) in [5, 5.41) is 6.87. The highest BCUT2D eigenvalue weighted by molar-refractivity contribution is 7.89. The molecule has 168 valence electrons. The number of hydrogen-bond donors (Lipinski definition) is 2. The van der Waals surface area contributed by atoms with E-state index in [-0.39, 0.29) is 24.5 Å². The van der Waals surface area contributed by atoms with E-state index in [1.165, 1.54) is 34.9 Å². The number of methoxy groups -OCH3 is 1. The summed E-state index contributed by atoms with van der Waals surface area (Å²) in [7, 11) is -2.35. The molecule has 0 aliphatic carbocycles. The van der Waals surface area contributed by atoms with Gasteiger partial charge in [0.05, 0.1) is 31.7 Å². The van der Waals surface area contributed by atoms with Crippen molar-refractivity contribution in [3.63, 3.8) is 0 Å². The van der Waals surface area contributed by atoms with Crippen LogP contribution in [0.15, 0.2) is 40.6 Å². The Morgan fingerprint density at radius 2 is 2.03 bits per heavy atom. The summed E-state index contributed by atoms with van der Waals surface area (Å²) in [4.78, 5) is 25.2. The number of nitrogens with one attached hydrogen (secondary N) is 2. The Balaban J connectivity index is 1.64. The Labute approximate surface area is 185 Å². The number of carbonyl (C=O) groups excluding carboxylic acids is 2. The van der Waals surface area contributed by atoms with Crippen molar-refractivity contribution in [3.05, 3.63) is 46.2 Å². The van der Waals surface area contributed by atoms with E-state index in [1.54, 1.807) is 13.0 Å². The van der Waals surface area contributed by atoms with Crippen molar-refractivity contribution in [2.45, 2.75) is 31.0 Å². The molecule has 1 atom stereocenters. The van der Waals surface area contributed by atoms with Gasteiger partial charge in [0.1, 0.15) is 12.0 Å². The number of benzene rings is 1. The van der Waals surface area contributed by atoms with Crippen molar-refractivity contribution in [3.8, 4) is 5.75 Å². The molecule has 2 heterocycles. The number of thiophene rings is 1. The van der Waals surface area contributed by atoms with Crippen LogP contribution in [0.5, 0.6) is 5.75 Å². The molecule has 0 saturated carbocycles. The molecule has 2 N–H and O–H groups in total. The normalized spacial score (nSPS) is 17.2. The smallest absolute Gasteiger partial charge is 0.309 e. The first kappa shape index (κ1) is 23.2. The zero-order valence-corrected chi connectivity index (χ0v) is 18.9. The van der Waals surface area contributed by atoms with Crippen molar-refractivity contribution in [2.24, 2.45) is 0 Å². The molecule has 1 saturated heterocycles. The van der Waals surface area contributed by atoms with Crippen LogP contribution >= 0.6 is 11.3 Å². The van der Waals surface area contributed by atoms with Crippen LogP contribution in [-0.4, -0.2) is 57.6 Å². The monoisotopic (exact) mass is 467 g/mol. The average Bonchev–Trinajstić information content (AvgIpc) is 3.29. The molecule has 1 aliphatic rings. The lowest BCUT2D eigenvalue weighted by atomic mass is 10.2. The molecule has 31 heavy (non-hydrogen) atoms. The second-order valence-electron chi connectivity index (χ2n) is 6.90. The number of carbonyl (C=O) groups is 2. The Kier molecular flexibility index (Phi) is 7.65. The van der Waals surface area contributed by atoms with Crippen LogP contribution in [0.3, 0.4) is 0 Å². The second-order valence-corrected chi connectivity index (χ2v) is 9.82. The highest BCUT2D eigenvalue weighted by Crippen LogP contribution is 2.26. The Hall–Kier alpha value is -2.47. The lowest BCUT2D eigenvalue weighted by molar-refractivity contribution is -0.140. The minimum Gasteiger partial charge on any atom is -0.496 e. The Morgan fingerprint density at radius 3 is 2.71 bits per heavy atom. The fourth-order valence-electron chi connectivity index (χ4n) is 3.17. The van der Waals surface area contributed by atoms with Gasteiger partial charge in [0.15, 0.2) is 0 Å². The molecule has 9 nitrogen and oxygen atoms in total. The van der Waals surface area contributed by atoms with Crippen molar-refractivity contribution in [2.75, 3.05) is 26.8 Å². The lowest BCUT2D eigenvalue weighted by Gasteiger charge is -2.34. The third kappa shape index (κ3) is 5.62. The first-order valence-corrected chi connectivity index (χ1v) is 12.0. The molecular weight excluding hydrogens is 442 g/mol. The molecular formula is C20H25N3O6S2. The summed E-state index contributed by atoms with van der Waals surface area (Å²) in [5.41, 5.74) is 0.689. The number of hydrogen-bond acceptors (Lipinski definition) is 7. The molecule has 1 aromatic carbocycles. The first-order valence-electron chi connectivity index (χ1n) is 9.69. The SMILES string of the molecule is COc1ccc(S(=O)(=O)N2CCCO[C@@H]2CNC(=O)C(=O)NCc2cccs2)cc1C. The van der Waals surface area contributed by atoms with Gasteiger partial charge in [-0.05, 0) is 48.6 Å². The number of ether oxygens (including phenoxy) is 2. The fourth-order valence-corrected chi connectivity index (χ4v) is 5.47. The third-order valence-electron chi connectivity index (χ3n) is 4.77. The summed E-state index contributed by atoms with van der Waals surface area (Å²) in [6.07, 6.45) is -0.379. The molecule has 2 aromatic rings. The maximum Gasteiger partial charge on any atom is 0.309 e. The summed E-state index contributed by atoms with van der Waals surface area (Å²) in [5.74, 6) is -1.04. The van der Waals surface area contributed by atoms with Crippen LogP contribution in [0.4, 0.5) is 0 Å². The highest BCUT2D eigenvalue weighted by atomic mass is 32.2. The second kappa shape index (κ2) is 10.2.